The van der Waals surface area contributed by atoms with E-state index in [0.717, 1.165) is 42.0 Å². The molecular weight excluding hydrogens is 352 g/mol. The molecule has 1 aliphatic heterocycles. The summed E-state index contributed by atoms with van der Waals surface area (Å²) in [6.07, 6.45) is 5.68. The van der Waals surface area contributed by atoms with Gasteiger partial charge in [-0.05, 0) is 54.3 Å². The number of carbonyl (C=O) groups excluding carboxylic acids is 1. The largest absolute Gasteiger partial charge is 0.497 e. The molecule has 6 nitrogen and oxygen atoms in total. The van der Waals surface area contributed by atoms with Crippen molar-refractivity contribution in [1.29, 1.82) is 0 Å². The van der Waals surface area contributed by atoms with Gasteiger partial charge in [-0.3, -0.25) is 4.68 Å². The minimum Gasteiger partial charge on any atom is -0.497 e. The summed E-state index contributed by atoms with van der Waals surface area (Å²) in [7, 11) is 1.66. The summed E-state index contributed by atoms with van der Waals surface area (Å²) >= 11 is 0. The first-order chi connectivity index (χ1) is 13.7. The Morgan fingerprint density at radius 1 is 1.18 bits per heavy atom. The third-order valence-corrected chi connectivity index (χ3v) is 5.12. The van der Waals surface area contributed by atoms with Crippen molar-refractivity contribution in [1.82, 2.24) is 14.7 Å². The molecule has 2 heterocycles. The number of carbonyl (C=O) groups is 1. The van der Waals surface area contributed by atoms with Crippen LogP contribution in [-0.4, -0.2) is 34.4 Å². The van der Waals surface area contributed by atoms with Gasteiger partial charge in [0.2, 0.25) is 0 Å². The topological polar surface area (TPSA) is 59.4 Å². The van der Waals surface area contributed by atoms with Crippen LogP contribution in [-0.2, 0) is 6.54 Å². The van der Waals surface area contributed by atoms with E-state index in [1.54, 1.807) is 13.3 Å². The fourth-order valence-corrected chi connectivity index (χ4v) is 3.65. The fraction of sp³-hybridized carbons (Fsp3) is 0.273. The molecule has 0 spiro atoms. The van der Waals surface area contributed by atoms with Gasteiger partial charge in [0, 0.05) is 24.6 Å². The van der Waals surface area contributed by atoms with Crippen LogP contribution >= 0.6 is 0 Å². The van der Waals surface area contributed by atoms with Gasteiger partial charge in [-0.25, -0.2) is 4.79 Å². The molecule has 1 unspecified atom stereocenters. The minimum absolute atomic E-state index is 0.0573. The molecule has 1 N–H and O–H groups in total. The Bertz CT molecular complexity index is 905. The van der Waals surface area contributed by atoms with E-state index in [-0.39, 0.29) is 12.1 Å². The van der Waals surface area contributed by atoms with Crippen LogP contribution in [0.25, 0.3) is 0 Å². The van der Waals surface area contributed by atoms with E-state index >= 15 is 0 Å². The molecular formula is C22H24N4O2. The molecule has 0 saturated carbocycles. The van der Waals surface area contributed by atoms with Gasteiger partial charge < -0.3 is 15.0 Å². The predicted molar refractivity (Wildman–Crippen MR) is 108 cm³/mol. The van der Waals surface area contributed by atoms with Crippen molar-refractivity contribution in [2.45, 2.75) is 25.4 Å². The van der Waals surface area contributed by atoms with Crippen molar-refractivity contribution in [3.05, 3.63) is 78.1 Å². The SMILES string of the molecule is COc1ccc(C2CCCN2C(=O)Nc2ccc(Cn3cccn3)cc2)cc1. The Balaban J connectivity index is 1.40. The molecule has 1 atom stereocenters. The third-order valence-electron chi connectivity index (χ3n) is 5.12. The highest BCUT2D eigenvalue weighted by Crippen LogP contribution is 2.33. The highest BCUT2D eigenvalue weighted by molar-refractivity contribution is 5.89. The number of urea groups is 1. The second kappa shape index (κ2) is 8.17. The van der Waals surface area contributed by atoms with Crippen molar-refractivity contribution in [2.24, 2.45) is 0 Å². The molecule has 6 heteroatoms. The predicted octanol–water partition coefficient (Wildman–Crippen LogP) is 4.31. The number of hydrogen-bond donors (Lipinski definition) is 1. The molecule has 0 bridgehead atoms. The van der Waals surface area contributed by atoms with Crippen molar-refractivity contribution >= 4 is 11.7 Å². The molecule has 3 aromatic rings. The van der Waals surface area contributed by atoms with E-state index in [9.17, 15) is 4.79 Å². The van der Waals surface area contributed by atoms with Crippen molar-refractivity contribution in [3.63, 3.8) is 0 Å². The molecule has 1 aromatic heterocycles. The molecule has 1 fully saturated rings. The highest BCUT2D eigenvalue weighted by Gasteiger charge is 2.30. The van der Waals surface area contributed by atoms with E-state index in [1.807, 2.05) is 70.4 Å². The molecule has 1 aliphatic rings. The van der Waals surface area contributed by atoms with Gasteiger partial charge in [-0.15, -0.1) is 0 Å². The Kier molecular flexibility index (Phi) is 5.28. The summed E-state index contributed by atoms with van der Waals surface area (Å²) in [5.74, 6) is 0.827. The standard InChI is InChI=1S/C22H24N4O2/c1-28-20-11-7-18(8-12-20)21-4-2-15-26(21)22(27)24-19-9-5-17(6-10-19)16-25-14-3-13-23-25/h3,5-14,21H,2,4,15-16H2,1H3,(H,24,27). The number of nitrogens with one attached hydrogen (secondary N) is 1. The maximum Gasteiger partial charge on any atom is 0.322 e. The number of benzene rings is 2. The smallest absolute Gasteiger partial charge is 0.322 e. The zero-order valence-electron chi connectivity index (χ0n) is 15.9. The molecule has 2 amide bonds. The maximum absolute atomic E-state index is 12.8. The van der Waals surface area contributed by atoms with Gasteiger partial charge in [-0.2, -0.15) is 5.10 Å². The van der Waals surface area contributed by atoms with Crippen LogP contribution in [0.3, 0.4) is 0 Å². The van der Waals surface area contributed by atoms with Gasteiger partial charge in [0.05, 0.1) is 19.7 Å². The molecule has 28 heavy (non-hydrogen) atoms. The number of rotatable bonds is 5. The Labute approximate surface area is 164 Å². The summed E-state index contributed by atoms with van der Waals surface area (Å²) in [6.45, 7) is 1.48. The van der Waals surface area contributed by atoms with Crippen LogP contribution in [0.5, 0.6) is 5.75 Å². The van der Waals surface area contributed by atoms with Crippen molar-refractivity contribution in [2.75, 3.05) is 19.0 Å². The number of ether oxygens (including phenoxy) is 1. The quantitative estimate of drug-likeness (QED) is 0.722. The average molecular weight is 376 g/mol. The van der Waals surface area contributed by atoms with E-state index in [4.69, 9.17) is 4.74 Å². The molecule has 144 valence electrons. The molecule has 0 radical (unpaired) electrons. The van der Waals surface area contributed by atoms with Crippen molar-refractivity contribution in [3.8, 4) is 5.75 Å². The lowest BCUT2D eigenvalue weighted by Gasteiger charge is -2.25. The van der Waals surface area contributed by atoms with Crippen LogP contribution in [0.2, 0.25) is 0 Å². The lowest BCUT2D eigenvalue weighted by atomic mass is 10.0. The van der Waals surface area contributed by atoms with Crippen LogP contribution in [0, 0.1) is 0 Å². The van der Waals surface area contributed by atoms with Crippen LogP contribution in [0.1, 0.15) is 30.0 Å². The second-order valence-corrected chi connectivity index (χ2v) is 6.96. The van der Waals surface area contributed by atoms with E-state index < -0.39 is 0 Å². The summed E-state index contributed by atoms with van der Waals surface area (Å²) in [5, 5.41) is 7.25. The number of likely N-dealkylation sites (tertiary alicyclic amines) is 1. The Hall–Kier alpha value is -3.28. The lowest BCUT2D eigenvalue weighted by Crippen LogP contribution is -2.34. The fourth-order valence-electron chi connectivity index (χ4n) is 3.65. The number of anilines is 1. The number of amides is 2. The van der Waals surface area contributed by atoms with Gasteiger partial charge in [0.1, 0.15) is 5.75 Å². The molecule has 0 aliphatic carbocycles. The second-order valence-electron chi connectivity index (χ2n) is 6.96. The van der Waals surface area contributed by atoms with Crippen molar-refractivity contribution < 1.29 is 9.53 Å². The Morgan fingerprint density at radius 2 is 1.96 bits per heavy atom. The van der Waals surface area contributed by atoms with E-state index in [0.29, 0.717) is 6.54 Å². The summed E-state index contributed by atoms with van der Waals surface area (Å²) in [6, 6.07) is 17.8. The van der Waals surface area contributed by atoms with Gasteiger partial charge in [0.15, 0.2) is 0 Å². The summed E-state index contributed by atoms with van der Waals surface area (Å²) < 4.78 is 7.10. The molecule has 2 aromatic carbocycles. The average Bonchev–Trinajstić information content (AvgIpc) is 3.41. The first-order valence-corrected chi connectivity index (χ1v) is 9.51. The van der Waals surface area contributed by atoms with Gasteiger partial charge in [-0.1, -0.05) is 24.3 Å². The monoisotopic (exact) mass is 376 g/mol. The number of aromatic nitrogens is 2. The number of nitrogens with zero attached hydrogens (tertiary/aromatic N) is 3. The van der Waals surface area contributed by atoms with E-state index in [1.165, 1.54) is 0 Å². The highest BCUT2D eigenvalue weighted by atomic mass is 16.5. The molecule has 4 rings (SSSR count). The normalized spacial score (nSPS) is 16.2. The van der Waals surface area contributed by atoms with E-state index in [2.05, 4.69) is 10.4 Å². The maximum atomic E-state index is 12.8. The van der Waals surface area contributed by atoms with Gasteiger partial charge >= 0.3 is 6.03 Å². The number of methoxy groups -OCH3 is 1. The minimum atomic E-state index is -0.0573. The Morgan fingerprint density at radius 3 is 2.64 bits per heavy atom. The van der Waals surface area contributed by atoms with Crippen LogP contribution < -0.4 is 10.1 Å². The first kappa shape index (κ1) is 18.1. The lowest BCUT2D eigenvalue weighted by molar-refractivity contribution is 0.207. The third kappa shape index (κ3) is 4.01. The van der Waals surface area contributed by atoms with Crippen LogP contribution in [0.4, 0.5) is 10.5 Å². The molecule has 1 saturated heterocycles. The number of hydrogen-bond acceptors (Lipinski definition) is 3. The zero-order chi connectivity index (χ0) is 19.3. The summed E-state index contributed by atoms with van der Waals surface area (Å²) in [4.78, 5) is 14.8. The van der Waals surface area contributed by atoms with Gasteiger partial charge in [0.25, 0.3) is 0 Å². The first-order valence-electron chi connectivity index (χ1n) is 9.51. The van der Waals surface area contributed by atoms with Crippen LogP contribution in [0.15, 0.2) is 67.0 Å². The zero-order valence-corrected chi connectivity index (χ0v) is 15.9. The summed E-state index contributed by atoms with van der Waals surface area (Å²) in [5.41, 5.74) is 3.08.